The maximum atomic E-state index is 5.51. The van der Waals surface area contributed by atoms with Gasteiger partial charge in [-0.25, -0.2) is 20.8 Å². The lowest BCUT2D eigenvalue weighted by Crippen LogP contribution is -2.09. The molecule has 0 bridgehead atoms. The van der Waals surface area contributed by atoms with E-state index in [1.165, 1.54) is 11.7 Å². The topological polar surface area (TPSA) is 81.7 Å². The Morgan fingerprint density at radius 1 is 1.05 bits per heavy atom. The summed E-state index contributed by atoms with van der Waals surface area (Å²) in [5, 5.41) is 2.32. The van der Waals surface area contributed by atoms with Crippen LogP contribution in [-0.4, -0.2) is 19.5 Å². The second-order valence-electron chi connectivity index (χ2n) is 5.03. The summed E-state index contributed by atoms with van der Waals surface area (Å²) in [6, 6.07) is 14.4. The second kappa shape index (κ2) is 4.78. The number of nitrogens with two attached hydrogens (primary N) is 1. The Kier molecular flexibility index (Phi) is 2.77. The summed E-state index contributed by atoms with van der Waals surface area (Å²) in [4.78, 5) is 13.1. The fourth-order valence-electron chi connectivity index (χ4n) is 2.80. The van der Waals surface area contributed by atoms with Gasteiger partial charge in [0.1, 0.15) is 12.2 Å². The minimum absolute atomic E-state index is 0.520. The van der Waals surface area contributed by atoms with Gasteiger partial charge in [0, 0.05) is 5.39 Å². The molecule has 0 aliphatic heterocycles. The summed E-state index contributed by atoms with van der Waals surface area (Å²) in [5.74, 6) is 6.87. The van der Waals surface area contributed by atoms with Crippen LogP contribution < -0.4 is 11.3 Å². The SMILES string of the molecule is Cc1nc2c(NN)ncnc2n1-c1cccc2ccccc12. The molecule has 0 atom stereocenters. The van der Waals surface area contributed by atoms with Gasteiger partial charge in [0.2, 0.25) is 0 Å². The number of anilines is 1. The van der Waals surface area contributed by atoms with Gasteiger partial charge in [0.25, 0.3) is 0 Å². The van der Waals surface area contributed by atoms with Crippen LogP contribution in [0, 0.1) is 6.92 Å². The fourth-order valence-corrected chi connectivity index (χ4v) is 2.80. The number of hydrogen-bond acceptors (Lipinski definition) is 5. The van der Waals surface area contributed by atoms with Crippen molar-refractivity contribution in [3.8, 4) is 5.69 Å². The third-order valence-electron chi connectivity index (χ3n) is 3.76. The molecule has 4 rings (SSSR count). The number of aryl methyl sites for hydroxylation is 1. The van der Waals surface area contributed by atoms with E-state index in [4.69, 9.17) is 5.84 Å². The minimum Gasteiger partial charge on any atom is -0.306 e. The maximum Gasteiger partial charge on any atom is 0.171 e. The molecule has 2 aromatic carbocycles. The molecule has 0 amide bonds. The zero-order valence-electron chi connectivity index (χ0n) is 12.0. The third-order valence-corrected chi connectivity index (χ3v) is 3.76. The van der Waals surface area contributed by atoms with E-state index in [0.717, 1.165) is 22.5 Å². The zero-order valence-corrected chi connectivity index (χ0v) is 12.0. The quantitative estimate of drug-likeness (QED) is 0.438. The van der Waals surface area contributed by atoms with E-state index in [-0.39, 0.29) is 0 Å². The lowest BCUT2D eigenvalue weighted by molar-refractivity contribution is 0.993. The van der Waals surface area contributed by atoms with Crippen LogP contribution >= 0.6 is 0 Å². The summed E-state index contributed by atoms with van der Waals surface area (Å²) < 4.78 is 2.03. The monoisotopic (exact) mass is 290 g/mol. The molecule has 6 heteroatoms. The van der Waals surface area contributed by atoms with E-state index in [9.17, 15) is 0 Å². The van der Waals surface area contributed by atoms with Crippen molar-refractivity contribution in [2.24, 2.45) is 5.84 Å². The van der Waals surface area contributed by atoms with Crippen molar-refractivity contribution >= 4 is 27.8 Å². The van der Waals surface area contributed by atoms with Crippen LogP contribution in [-0.2, 0) is 0 Å². The highest BCUT2D eigenvalue weighted by molar-refractivity contribution is 5.93. The Morgan fingerprint density at radius 3 is 2.73 bits per heavy atom. The summed E-state index contributed by atoms with van der Waals surface area (Å²) in [5.41, 5.74) is 5.01. The second-order valence-corrected chi connectivity index (χ2v) is 5.03. The Bertz CT molecular complexity index is 983. The Hall–Kier alpha value is -2.99. The molecule has 0 aliphatic carbocycles. The molecule has 0 aliphatic rings. The fraction of sp³-hybridized carbons (Fsp3) is 0.0625. The van der Waals surface area contributed by atoms with Gasteiger partial charge in [-0.2, -0.15) is 0 Å². The van der Waals surface area contributed by atoms with Gasteiger partial charge in [0.05, 0.1) is 5.69 Å². The number of benzene rings is 2. The predicted octanol–water partition coefficient (Wildman–Crippen LogP) is 2.56. The van der Waals surface area contributed by atoms with Crippen molar-refractivity contribution in [1.29, 1.82) is 0 Å². The van der Waals surface area contributed by atoms with Gasteiger partial charge in [0.15, 0.2) is 17.0 Å². The average molecular weight is 290 g/mol. The highest BCUT2D eigenvalue weighted by Gasteiger charge is 2.15. The smallest absolute Gasteiger partial charge is 0.171 e. The van der Waals surface area contributed by atoms with E-state index in [2.05, 4.69) is 44.6 Å². The number of rotatable bonds is 2. The van der Waals surface area contributed by atoms with Crippen LogP contribution in [0.4, 0.5) is 5.82 Å². The minimum atomic E-state index is 0.520. The number of hydrazine groups is 1. The van der Waals surface area contributed by atoms with Gasteiger partial charge in [-0.05, 0) is 18.4 Å². The summed E-state index contributed by atoms with van der Waals surface area (Å²) in [7, 11) is 0. The molecule has 2 heterocycles. The number of fused-ring (bicyclic) bond motifs is 2. The predicted molar refractivity (Wildman–Crippen MR) is 86.7 cm³/mol. The molecule has 0 fully saturated rings. The highest BCUT2D eigenvalue weighted by atomic mass is 15.3. The number of nitrogen functional groups attached to an aromatic ring is 1. The van der Waals surface area contributed by atoms with Gasteiger partial charge in [-0.15, -0.1) is 0 Å². The number of imidazole rings is 1. The molecular weight excluding hydrogens is 276 g/mol. The molecule has 0 saturated heterocycles. The zero-order chi connectivity index (χ0) is 15.1. The van der Waals surface area contributed by atoms with Crippen LogP contribution in [0.15, 0.2) is 48.8 Å². The molecule has 0 spiro atoms. The summed E-state index contributed by atoms with van der Waals surface area (Å²) >= 11 is 0. The normalized spacial score (nSPS) is 11.2. The largest absolute Gasteiger partial charge is 0.306 e. The standard InChI is InChI=1S/C16H14N6/c1-10-20-14-15(21-17)18-9-19-16(14)22(10)13-8-4-6-11-5-2-3-7-12(11)13/h2-9H,17H2,1H3,(H,18,19,21). The highest BCUT2D eigenvalue weighted by Crippen LogP contribution is 2.28. The molecule has 2 aromatic heterocycles. The van der Waals surface area contributed by atoms with Crippen molar-refractivity contribution in [1.82, 2.24) is 19.5 Å². The van der Waals surface area contributed by atoms with Gasteiger partial charge in [-0.1, -0.05) is 36.4 Å². The van der Waals surface area contributed by atoms with Crippen molar-refractivity contribution in [2.75, 3.05) is 5.43 Å². The van der Waals surface area contributed by atoms with Crippen molar-refractivity contribution in [3.05, 3.63) is 54.6 Å². The van der Waals surface area contributed by atoms with Crippen LogP contribution in [0.2, 0.25) is 0 Å². The average Bonchev–Trinajstić information content (AvgIpc) is 2.90. The Morgan fingerprint density at radius 2 is 1.86 bits per heavy atom. The Labute approximate surface area is 126 Å². The van der Waals surface area contributed by atoms with Crippen LogP contribution in [0.3, 0.4) is 0 Å². The molecule has 0 saturated carbocycles. The van der Waals surface area contributed by atoms with E-state index >= 15 is 0 Å². The van der Waals surface area contributed by atoms with Gasteiger partial charge >= 0.3 is 0 Å². The molecule has 6 nitrogen and oxygen atoms in total. The number of hydrogen-bond donors (Lipinski definition) is 2. The maximum absolute atomic E-state index is 5.51. The molecular formula is C16H14N6. The van der Waals surface area contributed by atoms with Crippen molar-refractivity contribution < 1.29 is 0 Å². The Balaban J connectivity index is 2.11. The van der Waals surface area contributed by atoms with E-state index < -0.39 is 0 Å². The first-order valence-corrected chi connectivity index (χ1v) is 6.94. The molecule has 22 heavy (non-hydrogen) atoms. The molecule has 3 N–H and O–H groups in total. The van der Waals surface area contributed by atoms with Gasteiger partial charge in [-0.3, -0.25) is 4.57 Å². The van der Waals surface area contributed by atoms with Crippen molar-refractivity contribution in [2.45, 2.75) is 6.92 Å². The molecule has 4 aromatic rings. The van der Waals surface area contributed by atoms with E-state index in [1.807, 2.05) is 29.7 Å². The first-order valence-electron chi connectivity index (χ1n) is 6.94. The van der Waals surface area contributed by atoms with Crippen LogP contribution in [0.5, 0.6) is 0 Å². The summed E-state index contributed by atoms with van der Waals surface area (Å²) in [6.45, 7) is 1.95. The van der Waals surface area contributed by atoms with Crippen LogP contribution in [0.1, 0.15) is 5.82 Å². The first kappa shape index (κ1) is 12.7. The third kappa shape index (κ3) is 1.74. The lowest BCUT2D eigenvalue weighted by atomic mass is 10.1. The van der Waals surface area contributed by atoms with E-state index in [0.29, 0.717) is 11.3 Å². The van der Waals surface area contributed by atoms with E-state index in [1.54, 1.807) is 0 Å². The first-order chi connectivity index (χ1) is 10.8. The lowest BCUT2D eigenvalue weighted by Gasteiger charge is -2.10. The molecule has 0 unspecified atom stereocenters. The van der Waals surface area contributed by atoms with Crippen LogP contribution in [0.25, 0.3) is 27.6 Å². The van der Waals surface area contributed by atoms with Crippen molar-refractivity contribution in [3.63, 3.8) is 0 Å². The number of nitrogens with one attached hydrogen (secondary N) is 1. The van der Waals surface area contributed by atoms with Gasteiger partial charge < -0.3 is 5.43 Å². The summed E-state index contributed by atoms with van der Waals surface area (Å²) in [6.07, 6.45) is 1.49. The number of nitrogens with zero attached hydrogens (tertiary/aromatic N) is 4. The molecule has 0 radical (unpaired) electrons. The number of aromatic nitrogens is 4. The molecule has 108 valence electrons.